The van der Waals surface area contributed by atoms with E-state index in [0.717, 1.165) is 6.54 Å². The van der Waals surface area contributed by atoms with Crippen LogP contribution in [0.1, 0.15) is 24.3 Å². The molecular formula is C11H14BrN. The maximum atomic E-state index is 3.51. The van der Waals surface area contributed by atoms with Crippen LogP contribution in [-0.4, -0.2) is 13.1 Å². The zero-order chi connectivity index (χ0) is 9.10. The minimum atomic E-state index is 0.714. The van der Waals surface area contributed by atoms with E-state index in [9.17, 15) is 0 Å². The second-order valence-corrected chi connectivity index (χ2v) is 4.51. The Hall–Kier alpha value is -0.340. The highest BCUT2D eigenvalue weighted by molar-refractivity contribution is 9.10. The molecule has 0 aromatic heterocycles. The predicted octanol–water partition coefficient (Wildman–Crippen LogP) is 2.92. The van der Waals surface area contributed by atoms with E-state index >= 15 is 0 Å². The van der Waals surface area contributed by atoms with E-state index in [4.69, 9.17) is 0 Å². The SMILES string of the molecule is Brc1cccc(C2CCCNC2)c1. The maximum absolute atomic E-state index is 3.51. The van der Waals surface area contributed by atoms with Gasteiger partial charge in [0.05, 0.1) is 0 Å². The van der Waals surface area contributed by atoms with Gasteiger partial charge in [0, 0.05) is 11.0 Å². The van der Waals surface area contributed by atoms with Gasteiger partial charge in [-0.2, -0.15) is 0 Å². The third-order valence-electron chi connectivity index (χ3n) is 2.62. The predicted molar refractivity (Wildman–Crippen MR) is 59.0 cm³/mol. The molecule has 1 fully saturated rings. The molecule has 0 radical (unpaired) electrons. The van der Waals surface area contributed by atoms with Gasteiger partial charge in [0.15, 0.2) is 0 Å². The van der Waals surface area contributed by atoms with Crippen molar-refractivity contribution in [2.24, 2.45) is 0 Å². The summed E-state index contributed by atoms with van der Waals surface area (Å²) in [5.74, 6) is 0.714. The van der Waals surface area contributed by atoms with Crippen LogP contribution in [0.15, 0.2) is 28.7 Å². The minimum Gasteiger partial charge on any atom is -0.316 e. The Morgan fingerprint density at radius 2 is 2.31 bits per heavy atom. The lowest BCUT2D eigenvalue weighted by atomic mass is 9.92. The van der Waals surface area contributed by atoms with Crippen molar-refractivity contribution in [1.82, 2.24) is 5.32 Å². The molecule has 0 saturated carbocycles. The monoisotopic (exact) mass is 239 g/mol. The average molecular weight is 240 g/mol. The fraction of sp³-hybridized carbons (Fsp3) is 0.455. The van der Waals surface area contributed by atoms with Crippen molar-refractivity contribution in [2.45, 2.75) is 18.8 Å². The van der Waals surface area contributed by atoms with Crippen LogP contribution in [-0.2, 0) is 0 Å². The van der Waals surface area contributed by atoms with Crippen molar-refractivity contribution >= 4 is 15.9 Å². The number of nitrogens with one attached hydrogen (secondary N) is 1. The lowest BCUT2D eigenvalue weighted by Crippen LogP contribution is -2.28. The van der Waals surface area contributed by atoms with E-state index in [1.54, 1.807) is 0 Å². The quantitative estimate of drug-likeness (QED) is 0.795. The summed E-state index contributed by atoms with van der Waals surface area (Å²) < 4.78 is 1.19. The summed E-state index contributed by atoms with van der Waals surface area (Å²) in [6.07, 6.45) is 2.63. The zero-order valence-electron chi connectivity index (χ0n) is 7.59. The molecule has 1 unspecified atom stereocenters. The average Bonchev–Trinajstić information content (AvgIpc) is 2.19. The molecule has 2 heteroatoms. The smallest absolute Gasteiger partial charge is 0.0178 e. The standard InChI is InChI=1S/C11H14BrN/c12-11-5-1-3-9(7-11)10-4-2-6-13-8-10/h1,3,5,7,10,13H,2,4,6,8H2. The fourth-order valence-corrected chi connectivity index (χ4v) is 2.31. The van der Waals surface area contributed by atoms with Gasteiger partial charge in [0.2, 0.25) is 0 Å². The van der Waals surface area contributed by atoms with Gasteiger partial charge in [-0.05, 0) is 43.0 Å². The van der Waals surface area contributed by atoms with Gasteiger partial charge in [-0.15, -0.1) is 0 Å². The number of piperidine rings is 1. The van der Waals surface area contributed by atoms with E-state index in [-0.39, 0.29) is 0 Å². The third kappa shape index (κ3) is 2.32. The summed E-state index contributed by atoms with van der Waals surface area (Å²) >= 11 is 3.51. The van der Waals surface area contributed by atoms with Crippen LogP contribution in [0.4, 0.5) is 0 Å². The molecule has 1 atom stereocenters. The number of rotatable bonds is 1. The maximum Gasteiger partial charge on any atom is 0.0178 e. The highest BCUT2D eigenvalue weighted by Gasteiger charge is 2.14. The molecular weight excluding hydrogens is 226 g/mol. The Balaban J connectivity index is 2.14. The summed E-state index contributed by atoms with van der Waals surface area (Å²) in [7, 11) is 0. The Morgan fingerprint density at radius 3 is 3.00 bits per heavy atom. The van der Waals surface area contributed by atoms with Gasteiger partial charge in [-0.3, -0.25) is 0 Å². The van der Waals surface area contributed by atoms with E-state index < -0.39 is 0 Å². The van der Waals surface area contributed by atoms with Gasteiger partial charge < -0.3 is 5.32 Å². The molecule has 2 rings (SSSR count). The highest BCUT2D eigenvalue weighted by Crippen LogP contribution is 2.25. The van der Waals surface area contributed by atoms with E-state index in [2.05, 4.69) is 45.5 Å². The first-order valence-electron chi connectivity index (χ1n) is 4.82. The van der Waals surface area contributed by atoms with Crippen LogP contribution in [0.5, 0.6) is 0 Å². The number of benzene rings is 1. The van der Waals surface area contributed by atoms with E-state index in [1.807, 2.05) is 0 Å². The zero-order valence-corrected chi connectivity index (χ0v) is 9.18. The van der Waals surface area contributed by atoms with Crippen LogP contribution < -0.4 is 5.32 Å². The molecule has 1 saturated heterocycles. The first kappa shape index (κ1) is 9.22. The van der Waals surface area contributed by atoms with Crippen LogP contribution in [0.2, 0.25) is 0 Å². The molecule has 1 aromatic carbocycles. The van der Waals surface area contributed by atoms with Crippen LogP contribution in [0.3, 0.4) is 0 Å². The van der Waals surface area contributed by atoms with E-state index in [1.165, 1.54) is 29.4 Å². The van der Waals surface area contributed by atoms with Crippen LogP contribution >= 0.6 is 15.9 Å². The summed E-state index contributed by atoms with van der Waals surface area (Å²) in [5, 5.41) is 3.44. The van der Waals surface area contributed by atoms with Crippen molar-refractivity contribution < 1.29 is 0 Å². The van der Waals surface area contributed by atoms with Crippen molar-refractivity contribution in [3.63, 3.8) is 0 Å². The van der Waals surface area contributed by atoms with Crippen molar-refractivity contribution in [1.29, 1.82) is 0 Å². The van der Waals surface area contributed by atoms with Gasteiger partial charge in [-0.1, -0.05) is 28.1 Å². The first-order chi connectivity index (χ1) is 6.36. The van der Waals surface area contributed by atoms with Crippen molar-refractivity contribution in [3.05, 3.63) is 34.3 Å². The van der Waals surface area contributed by atoms with E-state index in [0.29, 0.717) is 5.92 Å². The van der Waals surface area contributed by atoms with Crippen LogP contribution in [0, 0.1) is 0 Å². The molecule has 1 N–H and O–H groups in total. The first-order valence-corrected chi connectivity index (χ1v) is 5.62. The highest BCUT2D eigenvalue weighted by atomic mass is 79.9. The third-order valence-corrected chi connectivity index (χ3v) is 3.11. The Morgan fingerprint density at radius 1 is 1.38 bits per heavy atom. The molecule has 0 aliphatic carbocycles. The molecule has 1 heterocycles. The van der Waals surface area contributed by atoms with Gasteiger partial charge >= 0.3 is 0 Å². The Labute approximate surface area is 87.7 Å². The van der Waals surface area contributed by atoms with Crippen LogP contribution in [0.25, 0.3) is 0 Å². The summed E-state index contributed by atoms with van der Waals surface area (Å²) in [5.41, 5.74) is 1.46. The second kappa shape index (κ2) is 4.25. The normalized spacial score (nSPS) is 23.0. The largest absolute Gasteiger partial charge is 0.316 e. The second-order valence-electron chi connectivity index (χ2n) is 3.60. The number of hydrogen-bond acceptors (Lipinski definition) is 1. The van der Waals surface area contributed by atoms with Crippen molar-refractivity contribution in [2.75, 3.05) is 13.1 Å². The van der Waals surface area contributed by atoms with Gasteiger partial charge in [-0.25, -0.2) is 0 Å². The molecule has 1 aliphatic heterocycles. The minimum absolute atomic E-state index is 0.714. The molecule has 0 spiro atoms. The molecule has 1 aromatic rings. The van der Waals surface area contributed by atoms with Gasteiger partial charge in [0.1, 0.15) is 0 Å². The number of halogens is 1. The number of hydrogen-bond donors (Lipinski definition) is 1. The lowest BCUT2D eigenvalue weighted by Gasteiger charge is -2.23. The summed E-state index contributed by atoms with van der Waals surface area (Å²) in [4.78, 5) is 0. The fourth-order valence-electron chi connectivity index (χ4n) is 1.90. The Bertz CT molecular complexity index is 279. The molecule has 0 amide bonds. The topological polar surface area (TPSA) is 12.0 Å². The molecule has 0 bridgehead atoms. The molecule has 1 nitrogen and oxygen atoms in total. The lowest BCUT2D eigenvalue weighted by molar-refractivity contribution is 0.461. The van der Waals surface area contributed by atoms with Gasteiger partial charge in [0.25, 0.3) is 0 Å². The summed E-state index contributed by atoms with van der Waals surface area (Å²) in [6, 6.07) is 8.66. The molecule has 1 aliphatic rings. The molecule has 13 heavy (non-hydrogen) atoms. The molecule has 70 valence electrons. The summed E-state index contributed by atoms with van der Waals surface area (Å²) in [6.45, 7) is 2.32. The Kier molecular flexibility index (Phi) is 3.01. The van der Waals surface area contributed by atoms with Crippen molar-refractivity contribution in [3.8, 4) is 0 Å².